The van der Waals surface area contributed by atoms with Gasteiger partial charge in [0.05, 0.1) is 11.8 Å². The number of benzene rings is 1. The molecule has 6 nitrogen and oxygen atoms in total. The number of nitrogens with zero attached hydrogens (tertiary/aromatic N) is 2. The van der Waals surface area contributed by atoms with Crippen molar-refractivity contribution < 1.29 is 9.53 Å². The van der Waals surface area contributed by atoms with Crippen molar-refractivity contribution in [3.05, 3.63) is 48.2 Å². The average molecular weight is 368 g/mol. The molecule has 1 aromatic heterocycles. The van der Waals surface area contributed by atoms with Crippen LogP contribution in [0.15, 0.2) is 42.6 Å². The van der Waals surface area contributed by atoms with Gasteiger partial charge in [0.25, 0.3) is 0 Å². The van der Waals surface area contributed by atoms with Crippen molar-refractivity contribution in [3.8, 4) is 5.75 Å². The van der Waals surface area contributed by atoms with Gasteiger partial charge in [-0.2, -0.15) is 0 Å². The Bertz CT molecular complexity index is 757. The van der Waals surface area contributed by atoms with Crippen LogP contribution in [0.25, 0.3) is 0 Å². The van der Waals surface area contributed by atoms with E-state index in [1.807, 2.05) is 50.4 Å². The smallest absolute Gasteiger partial charge is 0.319 e. The molecule has 1 aliphatic heterocycles. The number of para-hydroxylation sites is 2. The predicted octanol–water partition coefficient (Wildman–Crippen LogP) is 4.18. The second kappa shape index (κ2) is 9.26. The molecule has 27 heavy (non-hydrogen) atoms. The maximum Gasteiger partial charge on any atom is 0.319 e. The van der Waals surface area contributed by atoms with Crippen LogP contribution in [-0.2, 0) is 6.54 Å². The Kier molecular flexibility index (Phi) is 6.52. The lowest BCUT2D eigenvalue weighted by molar-refractivity contribution is 0.241. The number of urea groups is 1. The fourth-order valence-corrected chi connectivity index (χ4v) is 3.14. The van der Waals surface area contributed by atoms with Crippen LogP contribution in [0.1, 0.15) is 38.7 Å². The first-order valence-corrected chi connectivity index (χ1v) is 9.62. The highest BCUT2D eigenvalue weighted by molar-refractivity contribution is 5.90. The molecule has 2 heterocycles. The Morgan fingerprint density at radius 1 is 1.19 bits per heavy atom. The molecule has 3 rings (SSSR count). The standard InChI is InChI=1S/C21H28N4O2/c1-16(2)27-19-9-5-4-8-18(19)24-21(26)23-15-17-10-11-22-20(14-17)25-12-6-3-7-13-25/h4-5,8-11,14,16H,3,6-7,12-13,15H2,1-2H3,(H2,23,24,26). The van der Waals surface area contributed by atoms with Gasteiger partial charge >= 0.3 is 6.03 Å². The van der Waals surface area contributed by atoms with Crippen molar-refractivity contribution >= 4 is 17.5 Å². The summed E-state index contributed by atoms with van der Waals surface area (Å²) in [7, 11) is 0. The number of carbonyl (C=O) groups is 1. The zero-order chi connectivity index (χ0) is 19.1. The summed E-state index contributed by atoms with van der Waals surface area (Å²) in [5, 5.41) is 5.77. The van der Waals surface area contributed by atoms with E-state index in [4.69, 9.17) is 4.74 Å². The highest BCUT2D eigenvalue weighted by Gasteiger charge is 2.13. The molecule has 0 bridgehead atoms. The molecule has 1 aromatic carbocycles. The van der Waals surface area contributed by atoms with E-state index in [1.165, 1.54) is 19.3 Å². The first-order valence-electron chi connectivity index (χ1n) is 9.62. The third-order valence-corrected chi connectivity index (χ3v) is 4.44. The third kappa shape index (κ3) is 5.61. The van der Waals surface area contributed by atoms with Crippen molar-refractivity contribution in [3.63, 3.8) is 0 Å². The monoisotopic (exact) mass is 368 g/mol. The predicted molar refractivity (Wildman–Crippen MR) is 108 cm³/mol. The summed E-state index contributed by atoms with van der Waals surface area (Å²) in [6.07, 6.45) is 5.57. The van der Waals surface area contributed by atoms with Gasteiger partial charge in [-0.15, -0.1) is 0 Å². The summed E-state index contributed by atoms with van der Waals surface area (Å²) >= 11 is 0. The highest BCUT2D eigenvalue weighted by atomic mass is 16.5. The first kappa shape index (κ1) is 19.0. The number of hydrogen-bond donors (Lipinski definition) is 2. The highest BCUT2D eigenvalue weighted by Crippen LogP contribution is 2.24. The van der Waals surface area contributed by atoms with E-state index >= 15 is 0 Å². The molecule has 0 aliphatic carbocycles. The first-order chi connectivity index (χ1) is 13.1. The lowest BCUT2D eigenvalue weighted by Gasteiger charge is -2.27. The molecule has 2 aromatic rings. The molecular weight excluding hydrogens is 340 g/mol. The molecule has 6 heteroatoms. The molecular formula is C21H28N4O2. The van der Waals surface area contributed by atoms with Gasteiger partial charge in [0.2, 0.25) is 0 Å². The van der Waals surface area contributed by atoms with Crippen LogP contribution in [0.4, 0.5) is 16.3 Å². The molecule has 0 unspecified atom stereocenters. The van der Waals surface area contributed by atoms with Crippen LogP contribution in [0.2, 0.25) is 0 Å². The lowest BCUT2D eigenvalue weighted by atomic mass is 10.1. The van der Waals surface area contributed by atoms with E-state index in [0.717, 1.165) is 24.5 Å². The van der Waals surface area contributed by atoms with E-state index in [2.05, 4.69) is 26.6 Å². The molecule has 0 spiro atoms. The van der Waals surface area contributed by atoms with Crippen LogP contribution in [0, 0.1) is 0 Å². The summed E-state index contributed by atoms with van der Waals surface area (Å²) in [5.74, 6) is 1.66. The maximum atomic E-state index is 12.3. The Hall–Kier alpha value is -2.76. The van der Waals surface area contributed by atoms with Crippen LogP contribution < -0.4 is 20.3 Å². The SMILES string of the molecule is CC(C)Oc1ccccc1NC(=O)NCc1ccnc(N2CCCCC2)c1. The van der Waals surface area contributed by atoms with Crippen molar-refractivity contribution in [2.24, 2.45) is 0 Å². The molecule has 1 saturated heterocycles. The topological polar surface area (TPSA) is 66.5 Å². The second-order valence-corrected chi connectivity index (χ2v) is 7.04. The number of ether oxygens (including phenoxy) is 1. The number of hydrogen-bond acceptors (Lipinski definition) is 4. The summed E-state index contributed by atoms with van der Waals surface area (Å²) in [6, 6.07) is 11.2. The molecule has 1 fully saturated rings. The number of anilines is 2. The average Bonchev–Trinajstić information content (AvgIpc) is 2.68. The second-order valence-electron chi connectivity index (χ2n) is 7.04. The van der Waals surface area contributed by atoms with Gasteiger partial charge < -0.3 is 20.3 Å². The van der Waals surface area contributed by atoms with Crippen LogP contribution in [0.3, 0.4) is 0 Å². The Morgan fingerprint density at radius 3 is 2.74 bits per heavy atom. The molecule has 1 aliphatic rings. The minimum absolute atomic E-state index is 0.0426. The third-order valence-electron chi connectivity index (χ3n) is 4.44. The normalized spacial score (nSPS) is 14.1. The zero-order valence-electron chi connectivity index (χ0n) is 16.1. The lowest BCUT2D eigenvalue weighted by Crippen LogP contribution is -2.31. The molecule has 0 radical (unpaired) electrons. The Morgan fingerprint density at radius 2 is 1.96 bits per heavy atom. The van der Waals surface area contributed by atoms with E-state index in [0.29, 0.717) is 18.0 Å². The minimum Gasteiger partial charge on any atom is -0.489 e. The van der Waals surface area contributed by atoms with Crippen molar-refractivity contribution in [2.45, 2.75) is 45.8 Å². The van der Waals surface area contributed by atoms with Crippen molar-refractivity contribution in [1.29, 1.82) is 0 Å². The van der Waals surface area contributed by atoms with E-state index < -0.39 is 0 Å². The number of aromatic nitrogens is 1. The van der Waals surface area contributed by atoms with E-state index in [-0.39, 0.29) is 12.1 Å². The number of rotatable bonds is 6. The van der Waals surface area contributed by atoms with Gasteiger partial charge in [0.1, 0.15) is 11.6 Å². The summed E-state index contributed by atoms with van der Waals surface area (Å²) in [6.45, 7) is 6.47. The Balaban J connectivity index is 1.57. The molecule has 2 amide bonds. The van der Waals surface area contributed by atoms with Gasteiger partial charge in [-0.3, -0.25) is 0 Å². The molecule has 0 atom stereocenters. The fraction of sp³-hybridized carbons (Fsp3) is 0.429. The number of piperidine rings is 1. The molecule has 0 saturated carbocycles. The van der Waals surface area contributed by atoms with Gasteiger partial charge in [0.15, 0.2) is 0 Å². The minimum atomic E-state index is -0.258. The quantitative estimate of drug-likeness (QED) is 0.803. The van der Waals surface area contributed by atoms with Gasteiger partial charge in [-0.25, -0.2) is 9.78 Å². The molecule has 2 N–H and O–H groups in total. The van der Waals surface area contributed by atoms with Crippen LogP contribution in [-0.4, -0.2) is 30.2 Å². The Labute approximate surface area is 160 Å². The number of carbonyl (C=O) groups excluding carboxylic acids is 1. The summed E-state index contributed by atoms with van der Waals surface area (Å²) < 4.78 is 5.74. The largest absolute Gasteiger partial charge is 0.489 e. The van der Waals surface area contributed by atoms with Crippen LogP contribution in [0.5, 0.6) is 5.75 Å². The van der Waals surface area contributed by atoms with E-state index in [1.54, 1.807) is 0 Å². The number of amides is 2. The van der Waals surface area contributed by atoms with Gasteiger partial charge in [-0.1, -0.05) is 12.1 Å². The molecule has 144 valence electrons. The summed E-state index contributed by atoms with van der Waals surface area (Å²) in [4.78, 5) is 19.1. The van der Waals surface area contributed by atoms with Crippen molar-refractivity contribution in [1.82, 2.24) is 10.3 Å². The zero-order valence-corrected chi connectivity index (χ0v) is 16.1. The van der Waals surface area contributed by atoms with E-state index in [9.17, 15) is 4.79 Å². The maximum absolute atomic E-state index is 12.3. The van der Waals surface area contributed by atoms with Gasteiger partial charge in [-0.05, 0) is 62.9 Å². The number of nitrogens with one attached hydrogen (secondary N) is 2. The number of pyridine rings is 1. The fourth-order valence-electron chi connectivity index (χ4n) is 3.14. The van der Waals surface area contributed by atoms with Crippen LogP contribution >= 0.6 is 0 Å². The van der Waals surface area contributed by atoms with Gasteiger partial charge in [0, 0.05) is 25.8 Å². The summed E-state index contributed by atoms with van der Waals surface area (Å²) in [5.41, 5.74) is 1.69. The van der Waals surface area contributed by atoms with Crippen molar-refractivity contribution in [2.75, 3.05) is 23.3 Å².